The molecule has 4 aromatic rings. The molecule has 196 valence electrons. The van der Waals surface area contributed by atoms with Crippen molar-refractivity contribution in [3.63, 3.8) is 0 Å². The van der Waals surface area contributed by atoms with E-state index in [1.54, 1.807) is 11.2 Å². The predicted octanol–water partition coefficient (Wildman–Crippen LogP) is 6.68. The van der Waals surface area contributed by atoms with Crippen LogP contribution in [0.4, 0.5) is 5.69 Å². The Hall–Kier alpha value is -2.32. The lowest BCUT2D eigenvalue weighted by atomic mass is 10.0. The van der Waals surface area contributed by atoms with Crippen molar-refractivity contribution < 1.29 is 4.79 Å². The Morgan fingerprint density at radius 1 is 0.919 bits per heavy atom. The van der Waals surface area contributed by atoms with Gasteiger partial charge in [0.25, 0.3) is 0 Å². The van der Waals surface area contributed by atoms with E-state index in [9.17, 15) is 4.79 Å². The van der Waals surface area contributed by atoms with E-state index >= 15 is 0 Å². The van der Waals surface area contributed by atoms with Crippen LogP contribution in [0.25, 0.3) is 11.3 Å². The van der Waals surface area contributed by atoms with Gasteiger partial charge in [-0.2, -0.15) is 0 Å². The standard InChI is InChI=1S/C26H23Cl2N5O.3ClH/c27-20-7-5-19(6-8-20)23-9-4-18(14-30-23)12-25(24-15-29-17-31-24)32-10-11-33(26(34)16-32)22-3-1-2-21(28)13-22;;;/h1-9,13-15,17,25H,10-12,16H2,(H,29,31);3*1H. The van der Waals surface area contributed by atoms with Gasteiger partial charge in [-0.15, -0.1) is 37.2 Å². The number of aromatic amines is 1. The number of amides is 1. The summed E-state index contributed by atoms with van der Waals surface area (Å²) in [5, 5.41) is 1.32. The van der Waals surface area contributed by atoms with Crippen molar-refractivity contribution in [1.82, 2.24) is 19.9 Å². The fraction of sp³-hybridized carbons (Fsp3) is 0.192. The molecule has 1 atom stereocenters. The minimum atomic E-state index is -0.0175. The van der Waals surface area contributed by atoms with Gasteiger partial charge in [-0.3, -0.25) is 14.7 Å². The van der Waals surface area contributed by atoms with Crippen LogP contribution in [0.2, 0.25) is 10.0 Å². The van der Waals surface area contributed by atoms with Crippen molar-refractivity contribution in [2.24, 2.45) is 0 Å². The van der Waals surface area contributed by atoms with Crippen molar-refractivity contribution in [2.75, 3.05) is 24.5 Å². The van der Waals surface area contributed by atoms with Gasteiger partial charge in [0.2, 0.25) is 5.91 Å². The van der Waals surface area contributed by atoms with Gasteiger partial charge in [-0.05, 0) is 48.4 Å². The molecule has 1 saturated heterocycles. The van der Waals surface area contributed by atoms with Gasteiger partial charge in [0, 0.05) is 46.8 Å². The number of H-pyrrole nitrogens is 1. The van der Waals surface area contributed by atoms with E-state index < -0.39 is 0 Å². The maximum Gasteiger partial charge on any atom is 0.241 e. The number of benzene rings is 2. The fourth-order valence-corrected chi connectivity index (χ4v) is 4.63. The highest BCUT2D eigenvalue weighted by atomic mass is 35.5. The second kappa shape index (κ2) is 14.0. The van der Waals surface area contributed by atoms with Crippen molar-refractivity contribution >= 4 is 72.0 Å². The highest BCUT2D eigenvalue weighted by Crippen LogP contribution is 2.28. The van der Waals surface area contributed by atoms with Crippen molar-refractivity contribution in [3.8, 4) is 11.3 Å². The number of aromatic nitrogens is 3. The van der Waals surface area contributed by atoms with E-state index in [4.69, 9.17) is 23.2 Å². The predicted molar refractivity (Wildman–Crippen MR) is 157 cm³/mol. The first-order chi connectivity index (χ1) is 16.6. The number of pyridine rings is 1. The first-order valence-corrected chi connectivity index (χ1v) is 11.8. The summed E-state index contributed by atoms with van der Waals surface area (Å²) < 4.78 is 0. The Bertz CT molecular complexity index is 1270. The quantitative estimate of drug-likeness (QED) is 0.268. The summed E-state index contributed by atoms with van der Waals surface area (Å²) in [6.45, 7) is 1.64. The summed E-state index contributed by atoms with van der Waals surface area (Å²) in [5.41, 5.74) is 4.80. The van der Waals surface area contributed by atoms with Gasteiger partial charge in [0.15, 0.2) is 0 Å². The number of hydrogen-bond acceptors (Lipinski definition) is 4. The monoisotopic (exact) mass is 599 g/mol. The first-order valence-electron chi connectivity index (χ1n) is 11.1. The van der Waals surface area contributed by atoms with E-state index in [-0.39, 0.29) is 49.2 Å². The van der Waals surface area contributed by atoms with Crippen LogP contribution in [0.15, 0.2) is 79.4 Å². The van der Waals surface area contributed by atoms with Crippen LogP contribution in [0.5, 0.6) is 0 Å². The largest absolute Gasteiger partial charge is 0.347 e. The second-order valence-corrected chi connectivity index (χ2v) is 9.15. The number of hydrogen-bond donors (Lipinski definition) is 1. The molecule has 1 aliphatic rings. The van der Waals surface area contributed by atoms with Gasteiger partial charge in [-0.1, -0.05) is 47.5 Å². The Morgan fingerprint density at radius 2 is 1.70 bits per heavy atom. The Morgan fingerprint density at radius 3 is 2.32 bits per heavy atom. The Kier molecular flexibility index (Phi) is 11.7. The molecule has 0 radical (unpaired) electrons. The minimum Gasteiger partial charge on any atom is -0.347 e. The maximum atomic E-state index is 13.1. The van der Waals surface area contributed by atoms with Gasteiger partial charge in [0.05, 0.1) is 30.3 Å². The molecule has 6 nitrogen and oxygen atoms in total. The highest BCUT2D eigenvalue weighted by Gasteiger charge is 2.31. The number of nitrogens with one attached hydrogen (secondary N) is 1. The minimum absolute atomic E-state index is 0. The summed E-state index contributed by atoms with van der Waals surface area (Å²) in [6.07, 6.45) is 6.11. The van der Waals surface area contributed by atoms with Crippen LogP contribution in [0, 0.1) is 0 Å². The van der Waals surface area contributed by atoms with E-state index in [1.807, 2.05) is 67.0 Å². The fourth-order valence-electron chi connectivity index (χ4n) is 4.32. The third-order valence-corrected chi connectivity index (χ3v) is 6.57. The number of rotatable bonds is 6. The van der Waals surface area contributed by atoms with Crippen LogP contribution in [-0.2, 0) is 11.2 Å². The topological polar surface area (TPSA) is 65.1 Å². The molecule has 0 bridgehead atoms. The van der Waals surface area contributed by atoms with Crippen LogP contribution >= 0.6 is 60.4 Å². The lowest BCUT2D eigenvalue weighted by molar-refractivity contribution is -0.122. The second-order valence-electron chi connectivity index (χ2n) is 8.28. The summed E-state index contributed by atoms with van der Waals surface area (Å²) in [7, 11) is 0. The molecular weight excluding hydrogens is 576 g/mol. The van der Waals surface area contributed by atoms with E-state index in [0.717, 1.165) is 34.7 Å². The zero-order chi connectivity index (χ0) is 23.5. The summed E-state index contributed by atoms with van der Waals surface area (Å²) in [6, 6.07) is 19.2. The number of carbonyl (C=O) groups excluding carboxylic acids is 1. The number of halogens is 5. The third-order valence-electron chi connectivity index (χ3n) is 6.08. The lowest BCUT2D eigenvalue weighted by Crippen LogP contribution is -2.51. The molecule has 1 N–H and O–H groups in total. The average molecular weight is 602 g/mol. The summed E-state index contributed by atoms with van der Waals surface area (Å²) in [4.78, 5) is 29.2. The van der Waals surface area contributed by atoms with E-state index in [2.05, 4.69) is 25.9 Å². The van der Waals surface area contributed by atoms with Crippen LogP contribution in [0.1, 0.15) is 17.3 Å². The molecule has 1 unspecified atom stereocenters. The number of imidazole rings is 1. The van der Waals surface area contributed by atoms with Gasteiger partial charge >= 0.3 is 0 Å². The SMILES string of the molecule is Cl.Cl.Cl.O=C1CN(C(Cc2ccc(-c3ccc(Cl)cc3)nc2)c2cnc[nH]2)CCN1c1cccc(Cl)c1. The van der Waals surface area contributed by atoms with Crippen molar-refractivity contribution in [2.45, 2.75) is 12.5 Å². The smallest absolute Gasteiger partial charge is 0.241 e. The normalized spacial score (nSPS) is 14.2. The molecular formula is C26H26Cl5N5O. The Labute approximate surface area is 244 Å². The number of piperazine rings is 1. The molecule has 5 rings (SSSR count). The number of anilines is 1. The highest BCUT2D eigenvalue weighted by molar-refractivity contribution is 6.31. The molecule has 37 heavy (non-hydrogen) atoms. The molecule has 0 saturated carbocycles. The van der Waals surface area contributed by atoms with Crippen molar-refractivity contribution in [3.05, 3.63) is 101 Å². The molecule has 3 heterocycles. The van der Waals surface area contributed by atoms with E-state index in [0.29, 0.717) is 29.6 Å². The molecule has 11 heteroatoms. The molecule has 2 aromatic heterocycles. The number of nitrogens with zero attached hydrogens (tertiary/aromatic N) is 4. The molecule has 1 amide bonds. The average Bonchev–Trinajstić information content (AvgIpc) is 3.38. The van der Waals surface area contributed by atoms with Crippen LogP contribution in [0.3, 0.4) is 0 Å². The zero-order valence-electron chi connectivity index (χ0n) is 19.6. The molecule has 0 aliphatic carbocycles. The van der Waals surface area contributed by atoms with Crippen LogP contribution in [-0.4, -0.2) is 45.4 Å². The Balaban J connectivity index is 0.00000160. The molecule has 1 aliphatic heterocycles. The zero-order valence-corrected chi connectivity index (χ0v) is 23.6. The molecule has 0 spiro atoms. The van der Waals surface area contributed by atoms with Gasteiger partial charge < -0.3 is 9.88 Å². The van der Waals surface area contributed by atoms with E-state index in [1.165, 1.54) is 0 Å². The lowest BCUT2D eigenvalue weighted by Gasteiger charge is -2.38. The number of carbonyl (C=O) groups is 1. The maximum absolute atomic E-state index is 13.1. The summed E-state index contributed by atoms with van der Waals surface area (Å²) in [5.74, 6) is 0.0502. The first kappa shape index (κ1) is 30.9. The van der Waals surface area contributed by atoms with Gasteiger partial charge in [-0.25, -0.2) is 4.98 Å². The molecule has 2 aromatic carbocycles. The van der Waals surface area contributed by atoms with Crippen molar-refractivity contribution in [1.29, 1.82) is 0 Å². The van der Waals surface area contributed by atoms with Gasteiger partial charge in [0.1, 0.15) is 0 Å². The summed E-state index contributed by atoms with van der Waals surface area (Å²) >= 11 is 12.1. The third kappa shape index (κ3) is 7.38. The van der Waals surface area contributed by atoms with Crippen LogP contribution < -0.4 is 4.90 Å². The molecule has 1 fully saturated rings.